The highest BCUT2D eigenvalue weighted by molar-refractivity contribution is 6.48. The fourth-order valence-corrected chi connectivity index (χ4v) is 1.02. The maximum absolute atomic E-state index is 10.7. The Morgan fingerprint density at radius 3 is 2.50 bits per heavy atom. The summed E-state index contributed by atoms with van der Waals surface area (Å²) in [5, 5.41) is 2.12. The van der Waals surface area contributed by atoms with E-state index in [0.717, 1.165) is 0 Å². The van der Waals surface area contributed by atoms with Gasteiger partial charge in [-0.3, -0.25) is 4.79 Å². The molecule has 0 bridgehead atoms. The Kier molecular flexibility index (Phi) is 2.59. The van der Waals surface area contributed by atoms with Crippen LogP contribution in [0.4, 0.5) is 0 Å². The van der Waals surface area contributed by atoms with E-state index in [2.05, 4.69) is 10.1 Å². The number of hydrogen-bond acceptors (Lipinski definition) is 3. The van der Waals surface area contributed by atoms with Gasteiger partial charge in [-0.15, -0.1) is 0 Å². The van der Waals surface area contributed by atoms with Gasteiger partial charge in [0, 0.05) is 6.92 Å². The molecule has 4 nitrogen and oxygen atoms in total. The summed E-state index contributed by atoms with van der Waals surface area (Å²) in [7, 11) is 0. The molecule has 0 aliphatic carbocycles. The van der Waals surface area contributed by atoms with Gasteiger partial charge in [-0.1, -0.05) is 23.2 Å². The number of amides is 1. The summed E-state index contributed by atoms with van der Waals surface area (Å²) < 4.78 is 4.59. The average molecular weight is 210 g/mol. The van der Waals surface area contributed by atoms with E-state index in [1.807, 2.05) is 0 Å². The largest absolute Gasteiger partial charge is 0.432 e. The molecule has 12 heavy (non-hydrogen) atoms. The van der Waals surface area contributed by atoms with E-state index in [9.17, 15) is 9.59 Å². The molecule has 0 radical (unpaired) electrons. The van der Waals surface area contributed by atoms with Crippen LogP contribution in [0.3, 0.4) is 0 Å². The number of carbonyl (C=O) groups is 2. The van der Waals surface area contributed by atoms with Crippen molar-refractivity contribution in [2.24, 2.45) is 0 Å². The van der Waals surface area contributed by atoms with Gasteiger partial charge in [-0.25, -0.2) is 4.79 Å². The average Bonchev–Trinajstić information content (AvgIpc) is 2.17. The minimum Gasteiger partial charge on any atom is -0.432 e. The molecule has 66 valence electrons. The van der Waals surface area contributed by atoms with E-state index in [0.29, 0.717) is 0 Å². The van der Waals surface area contributed by atoms with E-state index in [-0.39, 0.29) is 16.0 Å². The number of halogens is 2. The second-order valence-electron chi connectivity index (χ2n) is 2.15. The molecule has 1 aliphatic rings. The van der Waals surface area contributed by atoms with Crippen LogP contribution in [0.15, 0.2) is 10.1 Å². The second kappa shape index (κ2) is 3.33. The minimum absolute atomic E-state index is 0.0110. The standard InChI is InChI=1S/C6H5Cl2NO3/c1-2(10)9-5-3(7)4(8)6(11)12-5/h5H,1H3,(H,9,10)/t5-/m1/s1. The number of hydrogen-bond donors (Lipinski definition) is 1. The zero-order valence-corrected chi connectivity index (χ0v) is 7.57. The highest BCUT2D eigenvalue weighted by atomic mass is 35.5. The van der Waals surface area contributed by atoms with Crippen molar-refractivity contribution in [2.45, 2.75) is 13.2 Å². The van der Waals surface area contributed by atoms with Gasteiger partial charge < -0.3 is 10.1 Å². The number of cyclic esters (lactones) is 1. The van der Waals surface area contributed by atoms with Crippen molar-refractivity contribution in [3.05, 3.63) is 10.1 Å². The fraction of sp³-hybridized carbons (Fsp3) is 0.333. The van der Waals surface area contributed by atoms with Gasteiger partial charge >= 0.3 is 5.97 Å². The van der Waals surface area contributed by atoms with E-state index >= 15 is 0 Å². The van der Waals surface area contributed by atoms with Crippen molar-refractivity contribution < 1.29 is 14.3 Å². The Bertz CT molecular complexity index is 274. The first-order chi connectivity index (χ1) is 5.52. The molecule has 1 N–H and O–H groups in total. The summed E-state index contributed by atoms with van der Waals surface area (Å²) >= 11 is 11.0. The van der Waals surface area contributed by atoms with Crippen molar-refractivity contribution >= 4 is 35.1 Å². The molecule has 0 aromatic heterocycles. The van der Waals surface area contributed by atoms with Crippen molar-refractivity contribution in [1.29, 1.82) is 0 Å². The molecule has 1 aliphatic heterocycles. The number of nitrogens with one attached hydrogen (secondary N) is 1. The van der Waals surface area contributed by atoms with Gasteiger partial charge in [0.15, 0.2) is 0 Å². The zero-order valence-electron chi connectivity index (χ0n) is 6.06. The summed E-state index contributed by atoms with van der Waals surface area (Å²) in [4.78, 5) is 21.3. The van der Waals surface area contributed by atoms with Gasteiger partial charge in [0.05, 0.1) is 0 Å². The van der Waals surface area contributed by atoms with Crippen LogP contribution in [0.25, 0.3) is 0 Å². The Labute approximate surface area is 78.5 Å². The monoisotopic (exact) mass is 209 g/mol. The van der Waals surface area contributed by atoms with Crippen molar-refractivity contribution in [1.82, 2.24) is 5.32 Å². The summed E-state index contributed by atoms with van der Waals surface area (Å²) in [6.07, 6.45) is -0.927. The minimum atomic E-state index is -0.927. The summed E-state index contributed by atoms with van der Waals surface area (Å²) in [6.45, 7) is 1.28. The lowest BCUT2D eigenvalue weighted by Crippen LogP contribution is -2.33. The molecule has 1 amide bonds. The lowest BCUT2D eigenvalue weighted by atomic mass is 10.5. The third-order valence-electron chi connectivity index (χ3n) is 1.18. The summed E-state index contributed by atoms with van der Waals surface area (Å²) in [5.74, 6) is -1.07. The number of esters is 1. The van der Waals surface area contributed by atoms with E-state index < -0.39 is 12.2 Å². The van der Waals surface area contributed by atoms with E-state index in [1.54, 1.807) is 0 Å². The first kappa shape index (κ1) is 9.35. The Morgan fingerprint density at radius 2 is 2.17 bits per heavy atom. The molecule has 0 aromatic rings. The van der Waals surface area contributed by atoms with Crippen LogP contribution in [-0.2, 0) is 14.3 Å². The molecule has 0 spiro atoms. The number of carbonyl (C=O) groups excluding carboxylic acids is 2. The molecule has 0 aromatic carbocycles. The zero-order chi connectivity index (χ0) is 9.30. The van der Waals surface area contributed by atoms with Crippen LogP contribution in [-0.4, -0.2) is 18.1 Å². The van der Waals surface area contributed by atoms with Crippen LogP contribution in [0.2, 0.25) is 0 Å². The highest BCUT2D eigenvalue weighted by Gasteiger charge is 2.32. The van der Waals surface area contributed by atoms with Crippen molar-refractivity contribution in [3.63, 3.8) is 0 Å². The third kappa shape index (κ3) is 1.70. The van der Waals surface area contributed by atoms with Gasteiger partial charge in [0.2, 0.25) is 12.1 Å². The molecule has 6 heteroatoms. The molecule has 0 saturated heterocycles. The second-order valence-corrected chi connectivity index (χ2v) is 2.93. The highest BCUT2D eigenvalue weighted by Crippen LogP contribution is 2.26. The third-order valence-corrected chi connectivity index (χ3v) is 2.02. The maximum Gasteiger partial charge on any atom is 0.353 e. The molecule has 1 heterocycles. The van der Waals surface area contributed by atoms with E-state index in [1.165, 1.54) is 6.92 Å². The van der Waals surface area contributed by atoms with Crippen LogP contribution < -0.4 is 5.32 Å². The van der Waals surface area contributed by atoms with E-state index in [4.69, 9.17) is 23.2 Å². The van der Waals surface area contributed by atoms with Gasteiger partial charge in [-0.2, -0.15) is 0 Å². The fourth-order valence-electron chi connectivity index (χ4n) is 0.701. The number of rotatable bonds is 1. The molecular formula is C6H5Cl2NO3. The van der Waals surface area contributed by atoms with Gasteiger partial charge in [0.25, 0.3) is 0 Å². The Balaban J connectivity index is 2.73. The van der Waals surface area contributed by atoms with Gasteiger partial charge in [0.1, 0.15) is 10.1 Å². The van der Waals surface area contributed by atoms with Crippen LogP contribution >= 0.6 is 23.2 Å². The predicted molar refractivity (Wildman–Crippen MR) is 42.4 cm³/mol. The Hall–Kier alpha value is -0.740. The van der Waals surface area contributed by atoms with Crippen LogP contribution in [0.5, 0.6) is 0 Å². The van der Waals surface area contributed by atoms with Crippen LogP contribution in [0, 0.1) is 0 Å². The topological polar surface area (TPSA) is 55.4 Å². The normalized spacial score (nSPS) is 22.6. The van der Waals surface area contributed by atoms with Gasteiger partial charge in [-0.05, 0) is 0 Å². The molecule has 1 rings (SSSR count). The molecule has 0 unspecified atom stereocenters. The molecule has 1 atom stereocenters. The quantitative estimate of drug-likeness (QED) is 0.648. The first-order valence-corrected chi connectivity index (χ1v) is 3.81. The van der Waals surface area contributed by atoms with Crippen molar-refractivity contribution in [2.75, 3.05) is 0 Å². The SMILES string of the molecule is CC(=O)N[C@@H]1OC(=O)C(Cl)=C1Cl. The first-order valence-electron chi connectivity index (χ1n) is 3.05. The predicted octanol–water partition coefficient (Wildman–Crippen LogP) is 0.695. The molecular weight excluding hydrogens is 205 g/mol. The summed E-state index contributed by atoms with van der Waals surface area (Å²) in [6, 6.07) is 0. The maximum atomic E-state index is 10.7. The smallest absolute Gasteiger partial charge is 0.353 e. The lowest BCUT2D eigenvalue weighted by molar-refractivity contribution is -0.141. The lowest BCUT2D eigenvalue weighted by Gasteiger charge is -2.09. The molecule has 0 fully saturated rings. The summed E-state index contributed by atoms with van der Waals surface area (Å²) in [5.41, 5.74) is 0. The van der Waals surface area contributed by atoms with Crippen LogP contribution in [0.1, 0.15) is 6.92 Å². The van der Waals surface area contributed by atoms with Crippen molar-refractivity contribution in [3.8, 4) is 0 Å². The molecule has 0 saturated carbocycles. The number of ether oxygens (including phenoxy) is 1. The Morgan fingerprint density at radius 1 is 1.58 bits per heavy atom.